The van der Waals surface area contributed by atoms with Gasteiger partial charge in [-0.2, -0.15) is 4.33 Å². The average molecular weight is 311 g/mol. The van der Waals surface area contributed by atoms with Crippen molar-refractivity contribution in [3.63, 3.8) is 0 Å². The summed E-state index contributed by atoms with van der Waals surface area (Å²) in [4.78, 5) is -0.173. The zero-order valence-corrected chi connectivity index (χ0v) is 15.6. The average Bonchev–Trinajstić information content (AvgIpc) is 2.24. The molecule has 0 saturated heterocycles. The number of hydrogen-bond acceptors (Lipinski definition) is 8. The van der Waals surface area contributed by atoms with Crippen molar-refractivity contribution in [3.8, 4) is 0 Å². The zero-order chi connectivity index (χ0) is 12.2. The second kappa shape index (κ2) is 9.97. The second-order valence-electron chi connectivity index (χ2n) is 2.62. The summed E-state index contributed by atoms with van der Waals surface area (Å²) in [5.74, 6) is 0. The van der Waals surface area contributed by atoms with E-state index in [9.17, 15) is 18.2 Å². The molecule has 0 amide bonds. The number of rotatable bonds is 5. The molecule has 11 heteroatoms. The second-order valence-corrected chi connectivity index (χ2v) is 4.77. The molecule has 90 valence electrons. The first-order valence-electron chi connectivity index (χ1n) is 3.89. The fraction of sp³-hybridized carbons (Fsp3) is 0.143. The summed E-state index contributed by atoms with van der Waals surface area (Å²) < 4.78 is 36.4. The molecule has 18 heavy (non-hydrogen) atoms. The van der Waals surface area contributed by atoms with Crippen molar-refractivity contribution in [2.45, 2.75) is 9.79 Å². The van der Waals surface area contributed by atoms with E-state index >= 15 is 0 Å². The predicted octanol–water partition coefficient (Wildman–Crippen LogP) is -6.13. The Bertz CT molecular complexity index is 469. The van der Waals surface area contributed by atoms with Gasteiger partial charge in [0, 0.05) is 17.6 Å². The SMILES string of the molecule is CNc1cc(SOO[O-])cc(S(=O)(=O)[O-])c1.[Na+].[Na+]. The molecule has 1 rings (SSSR count). The van der Waals surface area contributed by atoms with Crippen LogP contribution >= 0.6 is 12.0 Å². The Labute approximate surface area is 153 Å². The van der Waals surface area contributed by atoms with Gasteiger partial charge in [0.05, 0.1) is 16.9 Å². The van der Waals surface area contributed by atoms with E-state index < -0.39 is 15.0 Å². The molecule has 0 aliphatic heterocycles. The molecule has 0 saturated carbocycles. The van der Waals surface area contributed by atoms with Crippen LogP contribution in [0.25, 0.3) is 0 Å². The van der Waals surface area contributed by atoms with Gasteiger partial charge < -0.3 is 15.1 Å². The fourth-order valence-corrected chi connectivity index (χ4v) is 2.04. The molecular formula is C7H7NNa2O6S2. The Hall–Kier alpha value is 1.16. The minimum Gasteiger partial charge on any atom is -0.744 e. The minimum absolute atomic E-state index is 0. The number of benzene rings is 1. The first kappa shape index (κ1) is 21.5. The van der Waals surface area contributed by atoms with Crippen LogP contribution in [0.15, 0.2) is 28.0 Å². The predicted molar refractivity (Wildman–Crippen MR) is 52.0 cm³/mol. The third kappa shape index (κ3) is 7.08. The van der Waals surface area contributed by atoms with Gasteiger partial charge in [-0.25, -0.2) is 8.42 Å². The van der Waals surface area contributed by atoms with Crippen molar-refractivity contribution in [1.29, 1.82) is 0 Å². The molecule has 0 spiro atoms. The maximum absolute atomic E-state index is 10.8. The summed E-state index contributed by atoms with van der Waals surface area (Å²) in [6.45, 7) is 0. The van der Waals surface area contributed by atoms with E-state index in [1.165, 1.54) is 12.1 Å². The van der Waals surface area contributed by atoms with E-state index in [0.717, 1.165) is 6.07 Å². The van der Waals surface area contributed by atoms with Crippen molar-refractivity contribution in [2.24, 2.45) is 0 Å². The minimum atomic E-state index is -4.56. The van der Waals surface area contributed by atoms with Crippen LogP contribution < -0.4 is 69.7 Å². The molecule has 0 aliphatic carbocycles. The summed E-state index contributed by atoms with van der Waals surface area (Å²) >= 11 is 0.502. The van der Waals surface area contributed by atoms with Crippen molar-refractivity contribution in [2.75, 3.05) is 12.4 Å². The maximum Gasteiger partial charge on any atom is 1.00 e. The molecule has 0 unspecified atom stereocenters. The van der Waals surface area contributed by atoms with Gasteiger partial charge in [-0.3, -0.25) is 5.04 Å². The molecule has 1 N–H and O–H groups in total. The van der Waals surface area contributed by atoms with Crippen LogP contribution in [0.5, 0.6) is 0 Å². The normalized spacial score (nSPS) is 10.2. The Morgan fingerprint density at radius 2 is 1.89 bits per heavy atom. The van der Waals surface area contributed by atoms with Crippen molar-refractivity contribution >= 4 is 27.8 Å². The molecule has 1 aromatic carbocycles. The topological polar surface area (TPSA) is 111 Å². The number of nitrogens with one attached hydrogen (secondary N) is 1. The summed E-state index contributed by atoms with van der Waals surface area (Å²) in [6.07, 6.45) is 0. The monoisotopic (exact) mass is 311 g/mol. The molecule has 0 radical (unpaired) electrons. The molecule has 0 bridgehead atoms. The largest absolute Gasteiger partial charge is 1.00 e. The van der Waals surface area contributed by atoms with E-state index in [2.05, 4.69) is 14.7 Å². The van der Waals surface area contributed by atoms with Gasteiger partial charge in [0.1, 0.15) is 10.1 Å². The Morgan fingerprint density at radius 3 is 2.33 bits per heavy atom. The van der Waals surface area contributed by atoms with Crippen LogP contribution in [-0.2, 0) is 19.5 Å². The van der Waals surface area contributed by atoms with Crippen LogP contribution in [0.4, 0.5) is 5.69 Å². The Balaban J connectivity index is 0. The van der Waals surface area contributed by atoms with Crippen LogP contribution in [0.3, 0.4) is 0 Å². The first-order valence-corrected chi connectivity index (χ1v) is 6.04. The van der Waals surface area contributed by atoms with Crippen LogP contribution in [0.2, 0.25) is 0 Å². The van der Waals surface area contributed by atoms with Crippen molar-refractivity contribution in [1.82, 2.24) is 0 Å². The summed E-state index contributed by atoms with van der Waals surface area (Å²) in [6, 6.07) is 3.73. The number of hydrogen-bond donors (Lipinski definition) is 1. The third-order valence-corrected chi connectivity index (χ3v) is 2.98. The van der Waals surface area contributed by atoms with Crippen LogP contribution in [-0.4, -0.2) is 20.0 Å². The standard InChI is InChI=1S/C7H9NO6S2.2Na/c1-8-5-2-6(15-14-13-9)4-7(3-5)16(10,11)12;;/h2-4,8-9H,1H3,(H,10,11,12);;/q;2*+1/p-2. The van der Waals surface area contributed by atoms with Crippen molar-refractivity contribution < 1.29 is 86.7 Å². The van der Waals surface area contributed by atoms with Gasteiger partial charge in [0.2, 0.25) is 0 Å². The van der Waals surface area contributed by atoms with Crippen LogP contribution in [0, 0.1) is 0 Å². The van der Waals surface area contributed by atoms with Gasteiger partial charge >= 0.3 is 59.1 Å². The van der Waals surface area contributed by atoms with E-state index in [1.807, 2.05) is 0 Å². The molecular weight excluding hydrogens is 304 g/mol. The molecule has 0 atom stereocenters. The van der Waals surface area contributed by atoms with E-state index in [0.29, 0.717) is 17.7 Å². The molecule has 0 aromatic heterocycles. The van der Waals surface area contributed by atoms with Gasteiger partial charge in [-0.05, 0) is 18.2 Å². The third-order valence-electron chi connectivity index (χ3n) is 1.62. The smallest absolute Gasteiger partial charge is 0.744 e. The Kier molecular flexibility index (Phi) is 11.9. The molecule has 7 nitrogen and oxygen atoms in total. The molecule has 0 aliphatic rings. The van der Waals surface area contributed by atoms with E-state index in [1.54, 1.807) is 7.05 Å². The summed E-state index contributed by atoms with van der Waals surface area (Å²) in [5, 5.41) is 15.4. The van der Waals surface area contributed by atoms with Crippen LogP contribution in [0.1, 0.15) is 0 Å². The van der Waals surface area contributed by atoms with E-state index in [4.69, 9.17) is 0 Å². The fourth-order valence-electron chi connectivity index (χ4n) is 0.962. The first-order chi connectivity index (χ1) is 7.47. The molecule has 1 aromatic rings. The van der Waals surface area contributed by atoms with Gasteiger partial charge in [0.15, 0.2) is 0 Å². The summed E-state index contributed by atoms with van der Waals surface area (Å²) in [7, 11) is -3.01. The Morgan fingerprint density at radius 1 is 1.28 bits per heavy atom. The van der Waals surface area contributed by atoms with Gasteiger partial charge in [-0.15, -0.1) is 0 Å². The quantitative estimate of drug-likeness (QED) is 0.188. The zero-order valence-electron chi connectivity index (χ0n) is 10.00. The van der Waals surface area contributed by atoms with Crippen molar-refractivity contribution in [3.05, 3.63) is 18.2 Å². The van der Waals surface area contributed by atoms with E-state index in [-0.39, 0.29) is 64.0 Å². The molecule has 0 fully saturated rings. The molecule has 0 heterocycles. The maximum atomic E-state index is 10.8. The summed E-state index contributed by atoms with van der Waals surface area (Å²) in [5.41, 5.74) is 0.397. The van der Waals surface area contributed by atoms with Gasteiger partial charge in [-0.1, -0.05) is 0 Å². The van der Waals surface area contributed by atoms with Gasteiger partial charge in [0.25, 0.3) is 0 Å². The number of anilines is 1.